The smallest absolute Gasteiger partial charge is 0.125 e. The molecule has 1 N–H and O–H groups in total. The van der Waals surface area contributed by atoms with Crippen molar-refractivity contribution < 1.29 is 4.74 Å². The Bertz CT molecular complexity index is 454. The summed E-state index contributed by atoms with van der Waals surface area (Å²) in [6.07, 6.45) is 5.40. The first-order chi connectivity index (χ1) is 9.08. The highest BCUT2D eigenvalue weighted by Gasteiger charge is 2.42. The summed E-state index contributed by atoms with van der Waals surface area (Å²) in [6.45, 7) is 6.77. The minimum Gasteiger partial charge on any atom is -0.486 e. The van der Waals surface area contributed by atoms with E-state index in [1.165, 1.54) is 31.2 Å². The molecular weight excluding hydrogens is 234 g/mol. The molecule has 0 radical (unpaired) electrons. The number of para-hydroxylation sites is 1. The van der Waals surface area contributed by atoms with Gasteiger partial charge < -0.3 is 10.1 Å². The van der Waals surface area contributed by atoms with E-state index in [-0.39, 0.29) is 5.60 Å². The highest BCUT2D eigenvalue weighted by atomic mass is 16.5. The van der Waals surface area contributed by atoms with Crippen LogP contribution in [0.4, 0.5) is 0 Å². The highest BCUT2D eigenvalue weighted by molar-refractivity contribution is 5.42. The molecule has 0 amide bonds. The van der Waals surface area contributed by atoms with E-state index in [9.17, 15) is 0 Å². The molecule has 19 heavy (non-hydrogen) atoms. The van der Waals surface area contributed by atoms with Gasteiger partial charge in [0.05, 0.1) is 6.04 Å². The van der Waals surface area contributed by atoms with Gasteiger partial charge in [0, 0.05) is 11.6 Å². The monoisotopic (exact) mass is 259 g/mol. The standard InChI is InChI=1S/C17H25NO/c1-12-8-4-6-10-14(12)18-16-13-9-5-7-11-15(13)19-17(16,2)3/h5,7,9,11-12,14,16,18H,4,6,8,10H2,1-3H3. The van der Waals surface area contributed by atoms with Gasteiger partial charge in [-0.2, -0.15) is 0 Å². The van der Waals surface area contributed by atoms with E-state index in [0.717, 1.165) is 11.7 Å². The first-order valence-corrected chi connectivity index (χ1v) is 7.62. The van der Waals surface area contributed by atoms with Crippen molar-refractivity contribution >= 4 is 0 Å². The summed E-state index contributed by atoms with van der Waals surface area (Å²) in [5.74, 6) is 1.82. The summed E-state index contributed by atoms with van der Waals surface area (Å²) in [7, 11) is 0. The van der Waals surface area contributed by atoms with Crippen LogP contribution in [0.2, 0.25) is 0 Å². The van der Waals surface area contributed by atoms with Crippen LogP contribution in [-0.2, 0) is 0 Å². The zero-order valence-corrected chi connectivity index (χ0v) is 12.3. The van der Waals surface area contributed by atoms with Crippen molar-refractivity contribution in [1.82, 2.24) is 5.32 Å². The normalized spacial score (nSPS) is 32.7. The zero-order chi connectivity index (χ0) is 13.5. The van der Waals surface area contributed by atoms with Crippen LogP contribution in [0.25, 0.3) is 0 Å². The molecule has 3 unspecified atom stereocenters. The number of rotatable bonds is 2. The number of hydrogen-bond acceptors (Lipinski definition) is 2. The maximum absolute atomic E-state index is 6.12. The number of ether oxygens (including phenoxy) is 1. The fraction of sp³-hybridized carbons (Fsp3) is 0.647. The maximum Gasteiger partial charge on any atom is 0.125 e. The van der Waals surface area contributed by atoms with E-state index in [1.807, 2.05) is 0 Å². The molecule has 2 nitrogen and oxygen atoms in total. The average Bonchev–Trinajstić information content (AvgIpc) is 2.63. The molecule has 104 valence electrons. The van der Waals surface area contributed by atoms with E-state index in [1.54, 1.807) is 0 Å². The lowest BCUT2D eigenvalue weighted by atomic mass is 9.84. The summed E-state index contributed by atoms with van der Waals surface area (Å²) in [4.78, 5) is 0. The molecule has 0 aromatic heterocycles. The van der Waals surface area contributed by atoms with Crippen LogP contribution in [0.5, 0.6) is 5.75 Å². The Morgan fingerprint density at radius 2 is 1.89 bits per heavy atom. The quantitative estimate of drug-likeness (QED) is 0.864. The molecule has 1 aliphatic heterocycles. The Kier molecular flexibility index (Phi) is 3.30. The molecule has 2 heteroatoms. The summed E-state index contributed by atoms with van der Waals surface area (Å²) in [5.41, 5.74) is 1.17. The van der Waals surface area contributed by atoms with Crippen LogP contribution in [-0.4, -0.2) is 11.6 Å². The lowest BCUT2D eigenvalue weighted by Gasteiger charge is -2.36. The second-order valence-corrected chi connectivity index (χ2v) is 6.71. The predicted molar refractivity (Wildman–Crippen MR) is 78.4 cm³/mol. The molecule has 0 saturated heterocycles. The number of nitrogens with one attached hydrogen (secondary N) is 1. The van der Waals surface area contributed by atoms with Gasteiger partial charge in [-0.25, -0.2) is 0 Å². The molecule has 2 aliphatic rings. The maximum atomic E-state index is 6.12. The van der Waals surface area contributed by atoms with Gasteiger partial charge in [0.15, 0.2) is 0 Å². The minimum atomic E-state index is -0.152. The van der Waals surface area contributed by atoms with Crippen molar-refractivity contribution in [3.8, 4) is 5.75 Å². The number of benzene rings is 1. The fourth-order valence-corrected chi connectivity index (χ4v) is 3.60. The molecule has 1 heterocycles. The summed E-state index contributed by atoms with van der Waals surface area (Å²) >= 11 is 0. The Morgan fingerprint density at radius 1 is 1.16 bits per heavy atom. The van der Waals surface area contributed by atoms with E-state index in [2.05, 4.69) is 50.4 Å². The third-order valence-electron chi connectivity index (χ3n) is 4.79. The second-order valence-electron chi connectivity index (χ2n) is 6.71. The predicted octanol–water partition coefficient (Wildman–Crippen LogP) is 4.07. The molecule has 3 rings (SSSR count). The van der Waals surface area contributed by atoms with E-state index >= 15 is 0 Å². The Labute approximate surface area is 116 Å². The van der Waals surface area contributed by atoms with Crippen LogP contribution < -0.4 is 10.1 Å². The second kappa shape index (κ2) is 4.82. The third-order valence-corrected chi connectivity index (χ3v) is 4.79. The van der Waals surface area contributed by atoms with Crippen LogP contribution in [0.1, 0.15) is 58.1 Å². The average molecular weight is 259 g/mol. The van der Waals surface area contributed by atoms with Gasteiger partial charge in [-0.05, 0) is 38.7 Å². The summed E-state index contributed by atoms with van der Waals surface area (Å²) < 4.78 is 6.12. The highest BCUT2D eigenvalue weighted by Crippen LogP contribution is 2.43. The van der Waals surface area contributed by atoms with E-state index in [4.69, 9.17) is 4.74 Å². The van der Waals surface area contributed by atoms with Crippen molar-refractivity contribution in [3.05, 3.63) is 29.8 Å². The topological polar surface area (TPSA) is 21.3 Å². The van der Waals surface area contributed by atoms with Crippen molar-refractivity contribution in [2.45, 2.75) is 64.1 Å². The molecule has 3 atom stereocenters. The number of fused-ring (bicyclic) bond motifs is 1. The van der Waals surface area contributed by atoms with Gasteiger partial charge in [-0.1, -0.05) is 38.0 Å². The van der Waals surface area contributed by atoms with Gasteiger partial charge in [0.25, 0.3) is 0 Å². The molecule has 1 aliphatic carbocycles. The van der Waals surface area contributed by atoms with Crippen molar-refractivity contribution in [1.29, 1.82) is 0 Å². The van der Waals surface area contributed by atoms with Gasteiger partial charge in [0.1, 0.15) is 11.4 Å². The Hall–Kier alpha value is -1.02. The van der Waals surface area contributed by atoms with Gasteiger partial charge in [-0.3, -0.25) is 0 Å². The fourth-order valence-electron chi connectivity index (χ4n) is 3.60. The van der Waals surface area contributed by atoms with Gasteiger partial charge >= 0.3 is 0 Å². The van der Waals surface area contributed by atoms with Crippen LogP contribution >= 0.6 is 0 Å². The molecule has 0 bridgehead atoms. The van der Waals surface area contributed by atoms with E-state index in [0.29, 0.717) is 12.1 Å². The first-order valence-electron chi connectivity index (χ1n) is 7.62. The SMILES string of the molecule is CC1CCCCC1NC1c2ccccc2OC1(C)C. The molecule has 1 aromatic carbocycles. The summed E-state index contributed by atoms with van der Waals surface area (Å²) in [6, 6.07) is 9.41. The zero-order valence-electron chi connectivity index (χ0n) is 12.3. The number of hydrogen-bond donors (Lipinski definition) is 1. The Morgan fingerprint density at radius 3 is 2.68 bits per heavy atom. The summed E-state index contributed by atoms with van der Waals surface area (Å²) in [5, 5.41) is 3.89. The van der Waals surface area contributed by atoms with Crippen LogP contribution in [0.3, 0.4) is 0 Å². The lowest BCUT2D eigenvalue weighted by molar-refractivity contribution is 0.0823. The largest absolute Gasteiger partial charge is 0.486 e. The van der Waals surface area contributed by atoms with Crippen LogP contribution in [0, 0.1) is 5.92 Å². The minimum absolute atomic E-state index is 0.152. The third kappa shape index (κ3) is 2.38. The molecular formula is C17H25NO. The lowest BCUT2D eigenvalue weighted by Crippen LogP contribution is -2.46. The van der Waals surface area contributed by atoms with Crippen molar-refractivity contribution in [2.75, 3.05) is 0 Å². The van der Waals surface area contributed by atoms with Gasteiger partial charge in [-0.15, -0.1) is 0 Å². The van der Waals surface area contributed by atoms with Crippen LogP contribution in [0.15, 0.2) is 24.3 Å². The molecule has 1 aromatic rings. The molecule has 0 spiro atoms. The van der Waals surface area contributed by atoms with Crippen molar-refractivity contribution in [2.24, 2.45) is 5.92 Å². The molecule has 1 fully saturated rings. The Balaban J connectivity index is 1.82. The molecule has 1 saturated carbocycles. The first kappa shape index (κ1) is 13.0. The van der Waals surface area contributed by atoms with E-state index < -0.39 is 0 Å². The van der Waals surface area contributed by atoms with Crippen molar-refractivity contribution in [3.63, 3.8) is 0 Å². The van der Waals surface area contributed by atoms with Gasteiger partial charge in [0.2, 0.25) is 0 Å².